The van der Waals surface area contributed by atoms with Gasteiger partial charge in [-0.05, 0) is 30.7 Å². The second-order valence-corrected chi connectivity index (χ2v) is 8.22. The number of carbonyl (C=O) groups excluding carboxylic acids is 1. The number of hydrogen-bond donors (Lipinski definition) is 2. The van der Waals surface area contributed by atoms with Crippen molar-refractivity contribution in [2.45, 2.75) is 19.0 Å². The molecule has 0 aliphatic carbocycles. The van der Waals surface area contributed by atoms with Crippen LogP contribution < -0.4 is 4.74 Å². The Morgan fingerprint density at radius 2 is 2.24 bits per heavy atom. The number of aliphatic hydroxyl groups is 1. The summed E-state index contributed by atoms with van der Waals surface area (Å²) in [4.78, 5) is 20.1. The van der Waals surface area contributed by atoms with Crippen LogP contribution in [0.3, 0.4) is 0 Å². The van der Waals surface area contributed by atoms with Crippen molar-refractivity contribution < 1.29 is 19.1 Å². The van der Waals surface area contributed by atoms with E-state index in [1.807, 2.05) is 36.4 Å². The summed E-state index contributed by atoms with van der Waals surface area (Å²) >= 11 is 0. The van der Waals surface area contributed by atoms with Gasteiger partial charge < -0.3 is 19.2 Å². The van der Waals surface area contributed by atoms with Crippen LogP contribution in [0.1, 0.15) is 12.0 Å². The van der Waals surface area contributed by atoms with Crippen molar-refractivity contribution in [1.29, 1.82) is 0 Å². The van der Waals surface area contributed by atoms with E-state index < -0.39 is 6.61 Å². The average molecular weight is 447 g/mol. The highest BCUT2D eigenvalue weighted by atomic mass is 16.5. The van der Waals surface area contributed by atoms with Crippen LogP contribution in [0.5, 0.6) is 11.6 Å². The molecule has 4 heterocycles. The lowest BCUT2D eigenvalue weighted by molar-refractivity contribution is -0.134. The molecule has 3 aromatic heterocycles. The molecule has 9 heteroatoms. The van der Waals surface area contributed by atoms with E-state index in [1.165, 1.54) is 0 Å². The first-order valence-electron chi connectivity index (χ1n) is 10.8. The van der Waals surface area contributed by atoms with Gasteiger partial charge in [0.25, 0.3) is 0 Å². The Bertz CT molecular complexity index is 1240. The number of hydrogen-bond acceptors (Lipinski definition) is 7. The Labute approximate surface area is 190 Å². The number of likely N-dealkylation sites (N-methyl/N-ethyl adjacent to an activating group) is 1. The third-order valence-corrected chi connectivity index (χ3v) is 6.12. The Morgan fingerprint density at radius 3 is 3.00 bits per heavy atom. The van der Waals surface area contributed by atoms with E-state index in [-0.39, 0.29) is 11.9 Å². The first-order chi connectivity index (χ1) is 16.1. The smallest absolute Gasteiger partial charge is 0.248 e. The van der Waals surface area contributed by atoms with Crippen LogP contribution in [0.15, 0.2) is 59.5 Å². The summed E-state index contributed by atoms with van der Waals surface area (Å²) in [6.45, 7) is 1.95. The van der Waals surface area contributed by atoms with Crippen LogP contribution in [0.25, 0.3) is 22.2 Å². The molecule has 0 spiro atoms. The molecule has 4 aromatic rings. The summed E-state index contributed by atoms with van der Waals surface area (Å²) in [6.07, 6.45) is 6.11. The molecule has 1 aromatic carbocycles. The van der Waals surface area contributed by atoms with E-state index in [9.17, 15) is 4.79 Å². The highest BCUT2D eigenvalue weighted by Gasteiger charge is 2.28. The zero-order valence-electron chi connectivity index (χ0n) is 18.3. The Morgan fingerprint density at radius 1 is 1.33 bits per heavy atom. The third kappa shape index (κ3) is 4.46. The predicted octanol–water partition coefficient (Wildman–Crippen LogP) is 3.04. The molecule has 1 aliphatic rings. The number of furan rings is 1. The quantitative estimate of drug-likeness (QED) is 0.448. The monoisotopic (exact) mass is 447 g/mol. The van der Waals surface area contributed by atoms with Gasteiger partial charge in [0.1, 0.15) is 17.9 Å². The van der Waals surface area contributed by atoms with Crippen molar-refractivity contribution >= 4 is 16.9 Å². The predicted molar refractivity (Wildman–Crippen MR) is 122 cm³/mol. The summed E-state index contributed by atoms with van der Waals surface area (Å²) < 4.78 is 11.7. The van der Waals surface area contributed by atoms with Crippen LogP contribution in [0, 0.1) is 0 Å². The Kier molecular flexibility index (Phi) is 5.80. The van der Waals surface area contributed by atoms with Crippen molar-refractivity contribution in [1.82, 2.24) is 25.0 Å². The number of aliphatic hydroxyl groups excluding tert-OH is 1. The summed E-state index contributed by atoms with van der Waals surface area (Å²) in [7, 11) is 1.75. The minimum absolute atomic E-state index is 0.120. The largest absolute Gasteiger partial charge is 0.464 e. The number of ether oxygens (including phenoxy) is 1. The molecule has 0 bridgehead atoms. The molecular formula is C24H25N5O4. The highest BCUT2D eigenvalue weighted by molar-refractivity contribution is 5.82. The number of pyridine rings is 1. The molecule has 1 amide bonds. The van der Waals surface area contributed by atoms with Crippen LogP contribution >= 0.6 is 0 Å². The van der Waals surface area contributed by atoms with Gasteiger partial charge in [-0.1, -0.05) is 0 Å². The molecule has 9 nitrogen and oxygen atoms in total. The van der Waals surface area contributed by atoms with Crippen LogP contribution in [-0.4, -0.2) is 68.8 Å². The van der Waals surface area contributed by atoms with Gasteiger partial charge in [0.05, 0.1) is 12.0 Å². The molecule has 1 unspecified atom stereocenters. The standard InChI is InChI=1S/C24H25N5O4/c1-28(24(31)14-30)18-7-9-29(13-18)12-17-15-32-22-10-19(3-4-20(17)22)33-23-5-2-16(11-25-23)21-6-8-26-27-21/h2-6,8,10-11,15,18,30H,7,9,12-14H2,1H3,(H,26,27). The number of fused-ring (bicyclic) bond motifs is 1. The molecule has 0 radical (unpaired) electrons. The van der Waals surface area contributed by atoms with Gasteiger partial charge in [0.15, 0.2) is 0 Å². The topological polar surface area (TPSA) is 108 Å². The maximum atomic E-state index is 11.8. The molecular weight excluding hydrogens is 422 g/mol. The number of rotatable bonds is 7. The van der Waals surface area contributed by atoms with Gasteiger partial charge in [-0.3, -0.25) is 14.8 Å². The molecule has 1 fully saturated rings. The lowest BCUT2D eigenvalue weighted by Gasteiger charge is -2.24. The van der Waals surface area contributed by atoms with Crippen molar-refractivity contribution in [3.05, 3.63) is 60.6 Å². The van der Waals surface area contributed by atoms with Crippen molar-refractivity contribution in [3.63, 3.8) is 0 Å². The van der Waals surface area contributed by atoms with Gasteiger partial charge >= 0.3 is 0 Å². The fourth-order valence-electron chi connectivity index (χ4n) is 4.21. The molecule has 170 valence electrons. The van der Waals surface area contributed by atoms with Crippen LogP contribution in [-0.2, 0) is 11.3 Å². The minimum Gasteiger partial charge on any atom is -0.464 e. The lowest BCUT2D eigenvalue weighted by atomic mass is 10.1. The Balaban J connectivity index is 1.24. The SMILES string of the molecule is CN(C(=O)CO)C1CCN(Cc2coc3cc(Oc4ccc(-c5ccn[nH]5)cn4)ccc23)C1. The number of aromatic nitrogens is 3. The molecule has 2 N–H and O–H groups in total. The number of aromatic amines is 1. The summed E-state index contributed by atoms with van der Waals surface area (Å²) in [5.41, 5.74) is 3.67. The summed E-state index contributed by atoms with van der Waals surface area (Å²) in [5, 5.41) is 17.0. The molecule has 1 aliphatic heterocycles. The molecule has 5 rings (SSSR count). The minimum atomic E-state index is -0.451. The number of H-pyrrole nitrogens is 1. The van der Waals surface area contributed by atoms with E-state index in [4.69, 9.17) is 14.3 Å². The van der Waals surface area contributed by atoms with Crippen molar-refractivity contribution in [3.8, 4) is 22.9 Å². The fourth-order valence-corrected chi connectivity index (χ4v) is 4.21. The van der Waals surface area contributed by atoms with Crippen molar-refractivity contribution in [2.24, 2.45) is 0 Å². The van der Waals surface area contributed by atoms with E-state index >= 15 is 0 Å². The Hall–Kier alpha value is -3.69. The number of nitrogens with zero attached hydrogens (tertiary/aromatic N) is 4. The fraction of sp³-hybridized carbons (Fsp3) is 0.292. The van der Waals surface area contributed by atoms with Gasteiger partial charge in [0.2, 0.25) is 11.8 Å². The second kappa shape index (κ2) is 9.05. The lowest BCUT2D eigenvalue weighted by Crippen LogP contribution is -2.40. The normalized spacial score (nSPS) is 16.4. The number of likely N-dealkylation sites (tertiary alicyclic amines) is 1. The first kappa shape index (κ1) is 21.2. The molecule has 33 heavy (non-hydrogen) atoms. The molecule has 1 atom stereocenters. The average Bonchev–Trinajstić information content (AvgIpc) is 3.61. The molecule has 0 saturated carbocycles. The zero-order valence-corrected chi connectivity index (χ0v) is 18.3. The van der Waals surface area contributed by atoms with Crippen LogP contribution in [0.2, 0.25) is 0 Å². The van der Waals surface area contributed by atoms with Crippen molar-refractivity contribution in [2.75, 3.05) is 26.7 Å². The van der Waals surface area contributed by atoms with E-state index in [1.54, 1.807) is 30.6 Å². The second-order valence-electron chi connectivity index (χ2n) is 8.22. The van der Waals surface area contributed by atoms with Gasteiger partial charge in [0, 0.05) is 73.8 Å². The first-order valence-corrected chi connectivity index (χ1v) is 10.8. The van der Waals surface area contributed by atoms with Crippen LogP contribution in [0.4, 0.5) is 0 Å². The van der Waals surface area contributed by atoms with Gasteiger partial charge in [-0.25, -0.2) is 4.98 Å². The van der Waals surface area contributed by atoms with E-state index in [0.29, 0.717) is 11.6 Å². The summed E-state index contributed by atoms with van der Waals surface area (Å²) in [6, 6.07) is 11.5. The molecule has 1 saturated heterocycles. The zero-order chi connectivity index (χ0) is 22.8. The maximum Gasteiger partial charge on any atom is 0.248 e. The number of benzene rings is 1. The van der Waals surface area contributed by atoms with E-state index in [2.05, 4.69) is 20.1 Å². The number of carbonyl (C=O) groups is 1. The number of nitrogens with one attached hydrogen (secondary N) is 1. The maximum absolute atomic E-state index is 11.8. The van der Waals surface area contributed by atoms with Gasteiger partial charge in [-0.2, -0.15) is 5.10 Å². The van der Waals surface area contributed by atoms with Gasteiger partial charge in [-0.15, -0.1) is 0 Å². The highest BCUT2D eigenvalue weighted by Crippen LogP contribution is 2.30. The summed E-state index contributed by atoms with van der Waals surface area (Å²) in [5.74, 6) is 0.901. The van der Waals surface area contributed by atoms with E-state index in [0.717, 1.165) is 53.8 Å². The number of amides is 1. The third-order valence-electron chi connectivity index (χ3n) is 6.12.